The summed E-state index contributed by atoms with van der Waals surface area (Å²) in [7, 11) is 0. The van der Waals surface area contributed by atoms with Crippen molar-refractivity contribution in [2.24, 2.45) is 0 Å². The van der Waals surface area contributed by atoms with Crippen molar-refractivity contribution in [3.8, 4) is 0 Å². The van der Waals surface area contributed by atoms with Crippen LogP contribution in [-0.4, -0.2) is 29.7 Å². The number of aromatic nitrogens is 1. The first-order valence-corrected chi connectivity index (χ1v) is 9.65. The second-order valence-corrected chi connectivity index (χ2v) is 6.37. The van der Waals surface area contributed by atoms with Crippen LogP contribution in [-0.2, 0) is 4.74 Å². The Morgan fingerprint density at radius 1 is 1.04 bits per heavy atom. The van der Waals surface area contributed by atoms with Gasteiger partial charge in [-0.15, -0.1) is 0 Å². The SMILES string of the molecule is CCCCOCCCCCCCCCCNc1ccncc1[N+](=O)[O-]. The summed E-state index contributed by atoms with van der Waals surface area (Å²) >= 11 is 0. The smallest absolute Gasteiger partial charge is 0.310 e. The zero-order valence-corrected chi connectivity index (χ0v) is 15.5. The number of pyridine rings is 1. The minimum absolute atomic E-state index is 0.0428. The maximum absolute atomic E-state index is 10.9. The third-order valence-corrected chi connectivity index (χ3v) is 4.17. The first-order chi connectivity index (χ1) is 12.3. The molecule has 0 radical (unpaired) electrons. The Hall–Kier alpha value is -1.69. The number of hydrogen-bond acceptors (Lipinski definition) is 5. The Labute approximate surface area is 151 Å². The van der Waals surface area contributed by atoms with E-state index in [2.05, 4.69) is 17.2 Å². The van der Waals surface area contributed by atoms with Crippen LogP contribution in [0.15, 0.2) is 18.5 Å². The van der Waals surface area contributed by atoms with Gasteiger partial charge in [0, 0.05) is 26.0 Å². The molecule has 0 saturated heterocycles. The molecule has 0 aromatic carbocycles. The van der Waals surface area contributed by atoms with Crippen molar-refractivity contribution in [2.75, 3.05) is 25.1 Å². The molecule has 142 valence electrons. The summed E-state index contributed by atoms with van der Waals surface area (Å²) < 4.78 is 5.55. The summed E-state index contributed by atoms with van der Waals surface area (Å²) in [5.74, 6) is 0. The van der Waals surface area contributed by atoms with Crippen molar-refractivity contribution in [1.29, 1.82) is 0 Å². The normalized spacial score (nSPS) is 10.8. The number of hydrogen-bond donors (Lipinski definition) is 1. The number of nitro groups is 1. The average molecular weight is 351 g/mol. The van der Waals surface area contributed by atoms with Crippen LogP contribution in [0.1, 0.15) is 71.1 Å². The number of unbranched alkanes of at least 4 members (excludes halogenated alkanes) is 8. The molecule has 0 atom stereocenters. The van der Waals surface area contributed by atoms with Gasteiger partial charge in [-0.1, -0.05) is 51.9 Å². The monoisotopic (exact) mass is 351 g/mol. The van der Waals surface area contributed by atoms with Crippen LogP contribution < -0.4 is 5.32 Å². The van der Waals surface area contributed by atoms with Gasteiger partial charge in [0.1, 0.15) is 11.9 Å². The molecule has 6 nitrogen and oxygen atoms in total. The molecule has 0 aliphatic carbocycles. The van der Waals surface area contributed by atoms with Gasteiger partial charge in [-0.05, 0) is 25.3 Å². The van der Waals surface area contributed by atoms with E-state index in [9.17, 15) is 10.1 Å². The van der Waals surface area contributed by atoms with E-state index < -0.39 is 4.92 Å². The van der Waals surface area contributed by atoms with E-state index in [1.807, 2.05) is 0 Å². The van der Waals surface area contributed by atoms with E-state index >= 15 is 0 Å². The third kappa shape index (κ3) is 10.7. The van der Waals surface area contributed by atoms with Crippen molar-refractivity contribution in [2.45, 2.75) is 71.1 Å². The Kier molecular flexibility index (Phi) is 12.5. The summed E-state index contributed by atoms with van der Waals surface area (Å²) in [5, 5.41) is 14.0. The Morgan fingerprint density at radius 2 is 1.68 bits per heavy atom. The second-order valence-electron chi connectivity index (χ2n) is 6.37. The fourth-order valence-electron chi connectivity index (χ4n) is 2.64. The summed E-state index contributed by atoms with van der Waals surface area (Å²) in [6.45, 7) is 4.77. The van der Waals surface area contributed by atoms with Gasteiger partial charge in [-0.3, -0.25) is 15.1 Å². The lowest BCUT2D eigenvalue weighted by Crippen LogP contribution is -2.04. The predicted octanol–water partition coefficient (Wildman–Crippen LogP) is 5.34. The van der Waals surface area contributed by atoms with Crippen LogP contribution in [0, 0.1) is 10.1 Å². The van der Waals surface area contributed by atoms with Crippen LogP contribution in [0.4, 0.5) is 11.4 Å². The summed E-state index contributed by atoms with van der Waals surface area (Å²) in [4.78, 5) is 14.3. The molecule has 0 fully saturated rings. The highest BCUT2D eigenvalue weighted by atomic mass is 16.6. The lowest BCUT2D eigenvalue weighted by atomic mass is 10.1. The van der Waals surface area contributed by atoms with Gasteiger partial charge in [0.2, 0.25) is 0 Å². The van der Waals surface area contributed by atoms with Crippen LogP contribution in [0.5, 0.6) is 0 Å². The first-order valence-electron chi connectivity index (χ1n) is 9.65. The Morgan fingerprint density at radius 3 is 2.36 bits per heavy atom. The molecule has 25 heavy (non-hydrogen) atoms. The lowest BCUT2D eigenvalue weighted by molar-refractivity contribution is -0.384. The quantitative estimate of drug-likeness (QED) is 0.247. The average Bonchev–Trinajstić information content (AvgIpc) is 2.62. The highest BCUT2D eigenvalue weighted by Crippen LogP contribution is 2.21. The lowest BCUT2D eigenvalue weighted by Gasteiger charge is -2.06. The van der Waals surface area contributed by atoms with Gasteiger partial charge in [0.25, 0.3) is 0 Å². The van der Waals surface area contributed by atoms with Crippen molar-refractivity contribution < 1.29 is 9.66 Å². The molecular formula is C19H33N3O3. The van der Waals surface area contributed by atoms with E-state index in [-0.39, 0.29) is 5.69 Å². The number of nitrogens with zero attached hydrogens (tertiary/aromatic N) is 2. The molecule has 1 rings (SSSR count). The summed E-state index contributed by atoms with van der Waals surface area (Å²) in [5.41, 5.74) is 0.599. The summed E-state index contributed by atoms with van der Waals surface area (Å²) in [6.07, 6.45) is 14.9. The molecule has 1 aromatic heterocycles. The van der Waals surface area contributed by atoms with Gasteiger partial charge in [0.05, 0.1) is 4.92 Å². The van der Waals surface area contributed by atoms with Gasteiger partial charge in [-0.25, -0.2) is 0 Å². The standard InChI is InChI=1S/C19H33N3O3/c1-2-3-15-25-16-11-9-7-5-4-6-8-10-13-21-18-12-14-20-17-19(18)22(23)24/h12,14,17H,2-11,13,15-16H2,1H3,(H,20,21). The maximum atomic E-state index is 10.9. The largest absolute Gasteiger partial charge is 0.381 e. The molecule has 0 amide bonds. The molecule has 0 aliphatic rings. The molecule has 6 heteroatoms. The number of anilines is 1. The fraction of sp³-hybridized carbons (Fsp3) is 0.737. The molecule has 1 heterocycles. The van der Waals surface area contributed by atoms with Crippen LogP contribution >= 0.6 is 0 Å². The van der Waals surface area contributed by atoms with Gasteiger partial charge in [-0.2, -0.15) is 0 Å². The Bertz CT molecular complexity index is 469. The van der Waals surface area contributed by atoms with Gasteiger partial charge in [0.15, 0.2) is 0 Å². The third-order valence-electron chi connectivity index (χ3n) is 4.17. The first kappa shape index (κ1) is 21.4. The minimum atomic E-state index is -0.399. The molecule has 0 bridgehead atoms. The van der Waals surface area contributed by atoms with Crippen LogP contribution in [0.2, 0.25) is 0 Å². The number of nitrogens with one attached hydrogen (secondary N) is 1. The van der Waals surface area contributed by atoms with E-state index in [0.717, 1.165) is 32.6 Å². The molecule has 1 N–H and O–H groups in total. The van der Waals surface area contributed by atoms with Gasteiger partial charge < -0.3 is 10.1 Å². The van der Waals surface area contributed by atoms with Crippen LogP contribution in [0.3, 0.4) is 0 Å². The second kappa shape index (κ2) is 14.6. The van der Waals surface area contributed by atoms with Crippen molar-refractivity contribution >= 4 is 11.4 Å². The number of rotatable bonds is 16. The fourth-order valence-corrected chi connectivity index (χ4v) is 2.64. The molecular weight excluding hydrogens is 318 g/mol. The van der Waals surface area contributed by atoms with E-state index in [1.54, 1.807) is 12.3 Å². The zero-order chi connectivity index (χ0) is 18.2. The molecule has 0 saturated carbocycles. The molecule has 0 unspecified atom stereocenters. The Balaban J connectivity index is 1.90. The molecule has 0 aliphatic heterocycles. The van der Waals surface area contributed by atoms with Crippen molar-refractivity contribution in [3.63, 3.8) is 0 Å². The topological polar surface area (TPSA) is 77.3 Å². The maximum Gasteiger partial charge on any atom is 0.310 e. The highest BCUT2D eigenvalue weighted by Gasteiger charge is 2.11. The van der Waals surface area contributed by atoms with E-state index in [4.69, 9.17) is 4.74 Å². The van der Waals surface area contributed by atoms with E-state index in [0.29, 0.717) is 5.69 Å². The highest BCUT2D eigenvalue weighted by molar-refractivity contribution is 5.59. The number of ether oxygens (including phenoxy) is 1. The van der Waals surface area contributed by atoms with Crippen molar-refractivity contribution in [1.82, 2.24) is 4.98 Å². The van der Waals surface area contributed by atoms with Gasteiger partial charge >= 0.3 is 5.69 Å². The minimum Gasteiger partial charge on any atom is -0.381 e. The van der Waals surface area contributed by atoms with Crippen molar-refractivity contribution in [3.05, 3.63) is 28.6 Å². The van der Waals surface area contributed by atoms with Crippen LogP contribution in [0.25, 0.3) is 0 Å². The molecule has 0 spiro atoms. The van der Waals surface area contributed by atoms with E-state index in [1.165, 1.54) is 57.6 Å². The predicted molar refractivity (Wildman–Crippen MR) is 102 cm³/mol. The zero-order valence-electron chi connectivity index (χ0n) is 15.5. The summed E-state index contributed by atoms with van der Waals surface area (Å²) in [6, 6.07) is 1.66. The molecule has 1 aromatic rings.